The number of amides is 2. The molecule has 0 radical (unpaired) electrons. The molecule has 2 aromatic rings. The fourth-order valence-electron chi connectivity index (χ4n) is 3.11. The molecule has 0 fully saturated rings. The van der Waals surface area contributed by atoms with Gasteiger partial charge < -0.3 is 19.7 Å². The van der Waals surface area contributed by atoms with Gasteiger partial charge >= 0.3 is 0 Å². The number of carbonyl (C=O) groups is 2. The fraction of sp³-hybridized carbons (Fsp3) is 0.440. The Kier molecular flexibility index (Phi) is 8.08. The fourth-order valence-corrected chi connectivity index (χ4v) is 3.11. The van der Waals surface area contributed by atoms with Crippen molar-refractivity contribution >= 4 is 11.8 Å². The smallest absolute Gasteiger partial charge is 0.261 e. The average molecular weight is 427 g/mol. The van der Waals surface area contributed by atoms with Crippen LogP contribution in [-0.2, 0) is 16.1 Å². The van der Waals surface area contributed by atoms with E-state index in [1.165, 1.54) is 0 Å². The van der Waals surface area contributed by atoms with Crippen molar-refractivity contribution < 1.29 is 19.1 Å². The summed E-state index contributed by atoms with van der Waals surface area (Å²) >= 11 is 0. The van der Waals surface area contributed by atoms with Gasteiger partial charge in [-0.3, -0.25) is 9.59 Å². The summed E-state index contributed by atoms with van der Waals surface area (Å²) in [4.78, 5) is 27.5. The van der Waals surface area contributed by atoms with Crippen molar-refractivity contribution in [1.29, 1.82) is 0 Å². The highest BCUT2D eigenvalue weighted by atomic mass is 16.5. The minimum atomic E-state index is -0.667. The van der Waals surface area contributed by atoms with Crippen LogP contribution < -0.4 is 14.8 Å². The number of nitrogens with one attached hydrogen (secondary N) is 1. The van der Waals surface area contributed by atoms with Crippen molar-refractivity contribution in [3.63, 3.8) is 0 Å². The predicted octanol–water partition coefficient (Wildman–Crippen LogP) is 4.02. The van der Waals surface area contributed by atoms with Crippen LogP contribution in [0.25, 0.3) is 0 Å². The largest absolute Gasteiger partial charge is 0.497 e. The predicted molar refractivity (Wildman–Crippen MR) is 122 cm³/mol. The molecule has 0 saturated heterocycles. The molecule has 6 heteroatoms. The second kappa shape index (κ2) is 10.3. The van der Waals surface area contributed by atoms with E-state index >= 15 is 0 Å². The minimum absolute atomic E-state index is 0.151. The van der Waals surface area contributed by atoms with Gasteiger partial charge in [0.1, 0.15) is 17.5 Å². The van der Waals surface area contributed by atoms with Crippen LogP contribution in [0.2, 0.25) is 0 Å². The summed E-state index contributed by atoms with van der Waals surface area (Å²) in [6.07, 6.45) is 0. The number of benzene rings is 2. The summed E-state index contributed by atoms with van der Waals surface area (Å²) in [5, 5.41) is 2.95. The van der Waals surface area contributed by atoms with E-state index < -0.39 is 11.6 Å². The second-order valence-electron chi connectivity index (χ2n) is 8.85. The monoisotopic (exact) mass is 426 g/mol. The first-order valence-corrected chi connectivity index (χ1v) is 10.4. The topological polar surface area (TPSA) is 67.9 Å². The number of carbonyl (C=O) groups excluding carboxylic acids is 2. The van der Waals surface area contributed by atoms with Gasteiger partial charge in [0.15, 0.2) is 6.61 Å². The number of nitrogens with zero attached hydrogens (tertiary/aromatic N) is 1. The molecule has 31 heavy (non-hydrogen) atoms. The Bertz CT molecular complexity index is 918. The van der Waals surface area contributed by atoms with E-state index in [4.69, 9.17) is 9.47 Å². The van der Waals surface area contributed by atoms with E-state index in [9.17, 15) is 9.59 Å². The van der Waals surface area contributed by atoms with Gasteiger partial charge in [-0.25, -0.2) is 0 Å². The molecule has 1 atom stereocenters. The lowest BCUT2D eigenvalue weighted by molar-refractivity contribution is -0.142. The summed E-state index contributed by atoms with van der Waals surface area (Å²) < 4.78 is 11.1. The Morgan fingerprint density at radius 1 is 1.10 bits per heavy atom. The van der Waals surface area contributed by atoms with Crippen LogP contribution in [0.4, 0.5) is 0 Å². The van der Waals surface area contributed by atoms with E-state index in [2.05, 4.69) is 5.32 Å². The van der Waals surface area contributed by atoms with E-state index in [0.717, 1.165) is 16.7 Å². The van der Waals surface area contributed by atoms with E-state index in [1.807, 2.05) is 77.1 Å². The lowest BCUT2D eigenvalue weighted by Gasteiger charge is -2.31. The van der Waals surface area contributed by atoms with Gasteiger partial charge in [0.05, 0.1) is 7.11 Å². The lowest BCUT2D eigenvalue weighted by atomic mass is 10.1. The standard InChI is InChI=1S/C25H34N2O4/c1-17-11-12-18(2)22(13-17)31-16-23(28)27(19(3)24(29)26-25(4,5)6)15-20-9-8-10-21(14-20)30-7/h8-14,19H,15-16H2,1-7H3,(H,26,29)/t19-/m1/s1. The molecule has 2 aromatic carbocycles. The van der Waals surface area contributed by atoms with Gasteiger partial charge in [-0.2, -0.15) is 0 Å². The first kappa shape index (κ1) is 24.3. The van der Waals surface area contributed by atoms with Gasteiger partial charge in [-0.05, 0) is 76.4 Å². The van der Waals surface area contributed by atoms with Gasteiger partial charge in [0, 0.05) is 12.1 Å². The molecule has 0 bridgehead atoms. The molecule has 1 N–H and O–H groups in total. The molecular formula is C25H34N2O4. The summed E-state index contributed by atoms with van der Waals surface area (Å²) in [7, 11) is 1.60. The second-order valence-corrected chi connectivity index (χ2v) is 8.85. The van der Waals surface area contributed by atoms with Crippen LogP contribution in [0.3, 0.4) is 0 Å². The van der Waals surface area contributed by atoms with Crippen molar-refractivity contribution in [1.82, 2.24) is 10.2 Å². The summed E-state index contributed by atoms with van der Waals surface area (Å²) in [5.41, 5.74) is 2.48. The Hall–Kier alpha value is -3.02. The number of ether oxygens (including phenoxy) is 2. The lowest BCUT2D eigenvalue weighted by Crippen LogP contribution is -2.53. The Morgan fingerprint density at radius 2 is 1.81 bits per heavy atom. The third-order valence-electron chi connectivity index (χ3n) is 4.85. The van der Waals surface area contributed by atoms with Crippen molar-refractivity contribution in [3.05, 3.63) is 59.2 Å². The van der Waals surface area contributed by atoms with Crippen LogP contribution in [0, 0.1) is 13.8 Å². The van der Waals surface area contributed by atoms with Gasteiger partial charge in [0.2, 0.25) is 5.91 Å². The molecule has 168 valence electrons. The highest BCUT2D eigenvalue weighted by Crippen LogP contribution is 2.20. The van der Waals surface area contributed by atoms with Crippen LogP contribution in [-0.4, -0.2) is 42.0 Å². The molecule has 0 saturated carbocycles. The first-order valence-electron chi connectivity index (χ1n) is 10.4. The van der Waals surface area contributed by atoms with Crippen molar-refractivity contribution in [2.24, 2.45) is 0 Å². The molecular weight excluding hydrogens is 392 g/mol. The third kappa shape index (κ3) is 7.31. The molecule has 0 aromatic heterocycles. The Morgan fingerprint density at radius 3 is 2.45 bits per heavy atom. The molecule has 0 aliphatic heterocycles. The van der Waals surface area contributed by atoms with Crippen molar-refractivity contribution in [2.75, 3.05) is 13.7 Å². The third-order valence-corrected chi connectivity index (χ3v) is 4.85. The Labute approximate surface area is 185 Å². The quantitative estimate of drug-likeness (QED) is 0.692. The van der Waals surface area contributed by atoms with E-state index in [-0.39, 0.29) is 25.0 Å². The molecule has 2 rings (SSSR count). The molecule has 2 amide bonds. The zero-order valence-electron chi connectivity index (χ0n) is 19.6. The summed E-state index contributed by atoms with van der Waals surface area (Å²) in [5.74, 6) is 0.889. The highest BCUT2D eigenvalue weighted by Gasteiger charge is 2.28. The Balaban J connectivity index is 2.23. The number of rotatable bonds is 8. The summed E-state index contributed by atoms with van der Waals surface area (Å²) in [6.45, 7) is 11.5. The number of aryl methyl sites for hydroxylation is 2. The zero-order chi connectivity index (χ0) is 23.2. The molecule has 0 heterocycles. The highest BCUT2D eigenvalue weighted by molar-refractivity contribution is 5.88. The average Bonchev–Trinajstić information content (AvgIpc) is 2.70. The number of hydrogen-bond acceptors (Lipinski definition) is 4. The zero-order valence-corrected chi connectivity index (χ0v) is 19.6. The first-order chi connectivity index (χ1) is 14.5. The maximum Gasteiger partial charge on any atom is 0.261 e. The molecule has 0 unspecified atom stereocenters. The number of hydrogen-bond donors (Lipinski definition) is 1. The van der Waals surface area contributed by atoms with Crippen LogP contribution >= 0.6 is 0 Å². The van der Waals surface area contributed by atoms with Crippen LogP contribution in [0.1, 0.15) is 44.4 Å². The normalized spacial score (nSPS) is 12.1. The molecule has 0 spiro atoms. The molecule has 0 aliphatic carbocycles. The van der Waals surface area contributed by atoms with Gasteiger partial charge in [-0.1, -0.05) is 24.3 Å². The maximum atomic E-state index is 13.2. The van der Waals surface area contributed by atoms with Crippen LogP contribution in [0.5, 0.6) is 11.5 Å². The van der Waals surface area contributed by atoms with Crippen molar-refractivity contribution in [2.45, 2.75) is 59.7 Å². The SMILES string of the molecule is COc1cccc(CN(C(=O)COc2cc(C)ccc2C)[C@H](C)C(=O)NC(C)(C)C)c1. The molecule has 6 nitrogen and oxygen atoms in total. The summed E-state index contributed by atoms with van der Waals surface area (Å²) in [6, 6.07) is 12.7. The minimum Gasteiger partial charge on any atom is -0.497 e. The van der Waals surface area contributed by atoms with Crippen LogP contribution in [0.15, 0.2) is 42.5 Å². The molecule has 0 aliphatic rings. The van der Waals surface area contributed by atoms with Crippen molar-refractivity contribution in [3.8, 4) is 11.5 Å². The van der Waals surface area contributed by atoms with E-state index in [0.29, 0.717) is 11.5 Å². The maximum absolute atomic E-state index is 13.2. The van der Waals surface area contributed by atoms with E-state index in [1.54, 1.807) is 18.9 Å². The van der Waals surface area contributed by atoms with Gasteiger partial charge in [0.25, 0.3) is 5.91 Å². The van der Waals surface area contributed by atoms with Gasteiger partial charge in [-0.15, -0.1) is 0 Å². The number of methoxy groups -OCH3 is 1.